The standard InChI is InChI=1S/C21H22F7N5O3/c1-8-15(7-34)30-14(6-29-8)11-5-16(36-10(3)20(23,24)25)12(4-13(11)22)19(35)31-17-9(2)32-33-18(17)21(26,27)28/h4-6,9-10,17-18,32-34H,7H2,1-3H3,(H,31,35). The van der Waals surface area contributed by atoms with Crippen LogP contribution in [0, 0.1) is 12.7 Å². The van der Waals surface area contributed by atoms with Crippen molar-refractivity contribution in [2.75, 3.05) is 0 Å². The van der Waals surface area contributed by atoms with Crippen molar-refractivity contribution in [1.82, 2.24) is 26.1 Å². The molecule has 0 spiro atoms. The first-order chi connectivity index (χ1) is 16.6. The molecule has 0 bridgehead atoms. The first kappa shape index (κ1) is 27.5. The van der Waals surface area contributed by atoms with Gasteiger partial charge in [0.25, 0.3) is 5.91 Å². The quantitative estimate of drug-likeness (QED) is 0.430. The number of carbonyl (C=O) groups excluding carboxylic acids is 1. The molecule has 3 rings (SSSR count). The third-order valence-corrected chi connectivity index (χ3v) is 5.57. The molecule has 1 aromatic carbocycles. The van der Waals surface area contributed by atoms with E-state index < -0.39 is 71.8 Å². The number of aliphatic hydroxyl groups excluding tert-OH is 1. The third-order valence-electron chi connectivity index (χ3n) is 5.57. The van der Waals surface area contributed by atoms with Crippen molar-refractivity contribution >= 4 is 5.91 Å². The molecule has 4 N–H and O–H groups in total. The molecule has 36 heavy (non-hydrogen) atoms. The molecular formula is C21H22F7N5O3. The van der Waals surface area contributed by atoms with Crippen LogP contribution in [0.3, 0.4) is 0 Å². The molecule has 1 aromatic heterocycles. The van der Waals surface area contributed by atoms with Crippen molar-refractivity contribution < 1.29 is 45.4 Å². The van der Waals surface area contributed by atoms with Crippen molar-refractivity contribution in [2.24, 2.45) is 0 Å². The molecule has 8 nitrogen and oxygen atoms in total. The summed E-state index contributed by atoms with van der Waals surface area (Å²) in [5.41, 5.74) is 3.41. The number of hydrazine groups is 1. The van der Waals surface area contributed by atoms with Crippen LogP contribution in [0.1, 0.15) is 35.6 Å². The summed E-state index contributed by atoms with van der Waals surface area (Å²) in [6.45, 7) is 2.96. The lowest BCUT2D eigenvalue weighted by molar-refractivity contribution is -0.189. The fraction of sp³-hybridized carbons (Fsp3) is 0.476. The molecule has 2 aromatic rings. The smallest absolute Gasteiger partial charge is 0.425 e. The van der Waals surface area contributed by atoms with E-state index in [1.165, 1.54) is 13.8 Å². The molecule has 4 atom stereocenters. The minimum Gasteiger partial charge on any atom is -0.480 e. The number of aromatic nitrogens is 2. The van der Waals surface area contributed by atoms with Crippen LogP contribution < -0.4 is 20.9 Å². The molecule has 0 radical (unpaired) electrons. The van der Waals surface area contributed by atoms with Gasteiger partial charge in [0.2, 0.25) is 0 Å². The van der Waals surface area contributed by atoms with Gasteiger partial charge in [-0.3, -0.25) is 15.2 Å². The topological polar surface area (TPSA) is 108 Å². The molecule has 4 unspecified atom stereocenters. The maximum absolute atomic E-state index is 15.0. The highest BCUT2D eigenvalue weighted by Gasteiger charge is 2.51. The Hall–Kier alpha value is -3.04. The number of benzene rings is 1. The Morgan fingerprint density at radius 2 is 1.89 bits per heavy atom. The summed E-state index contributed by atoms with van der Waals surface area (Å²) in [6.07, 6.45) is -11.0. The summed E-state index contributed by atoms with van der Waals surface area (Å²) in [5, 5.41) is 11.5. The maximum Gasteiger partial charge on any atom is 0.425 e. The molecule has 1 saturated heterocycles. The first-order valence-electron chi connectivity index (χ1n) is 10.5. The highest BCUT2D eigenvalue weighted by Crippen LogP contribution is 2.34. The Bertz CT molecular complexity index is 1130. The van der Waals surface area contributed by atoms with Crippen LogP contribution in [-0.2, 0) is 6.61 Å². The van der Waals surface area contributed by atoms with Gasteiger partial charge in [0.15, 0.2) is 6.10 Å². The molecule has 1 aliphatic rings. The Kier molecular flexibility index (Phi) is 7.76. The predicted octanol–water partition coefficient (Wildman–Crippen LogP) is 2.94. The number of rotatable bonds is 6. The Morgan fingerprint density at radius 3 is 2.47 bits per heavy atom. The second-order valence-corrected chi connectivity index (χ2v) is 8.17. The van der Waals surface area contributed by atoms with Crippen molar-refractivity contribution in [3.63, 3.8) is 0 Å². The van der Waals surface area contributed by atoms with Gasteiger partial charge in [-0.1, -0.05) is 0 Å². The number of nitrogens with zero attached hydrogens (tertiary/aromatic N) is 2. The van der Waals surface area contributed by atoms with Crippen LogP contribution in [0.4, 0.5) is 30.7 Å². The zero-order valence-electron chi connectivity index (χ0n) is 19.1. The number of alkyl halides is 6. The number of halogens is 7. The summed E-state index contributed by atoms with van der Waals surface area (Å²) in [4.78, 5) is 20.9. The van der Waals surface area contributed by atoms with E-state index in [2.05, 4.69) is 20.7 Å². The number of amides is 1. The Labute approximate surface area is 200 Å². The average Bonchev–Trinajstić information content (AvgIpc) is 3.14. The van der Waals surface area contributed by atoms with E-state index in [1.807, 2.05) is 5.43 Å². The average molecular weight is 525 g/mol. The van der Waals surface area contributed by atoms with E-state index in [-0.39, 0.29) is 11.4 Å². The number of aliphatic hydroxyl groups is 1. The number of aryl methyl sites for hydroxylation is 1. The lowest BCUT2D eigenvalue weighted by atomic mass is 10.0. The van der Waals surface area contributed by atoms with Crippen LogP contribution in [0.2, 0.25) is 0 Å². The summed E-state index contributed by atoms with van der Waals surface area (Å²) < 4.78 is 99.5. The van der Waals surface area contributed by atoms with Gasteiger partial charge in [-0.25, -0.2) is 14.8 Å². The maximum atomic E-state index is 15.0. The Morgan fingerprint density at radius 1 is 1.22 bits per heavy atom. The molecule has 1 aliphatic heterocycles. The number of hydrogen-bond donors (Lipinski definition) is 4. The van der Waals surface area contributed by atoms with Gasteiger partial charge in [0.1, 0.15) is 17.6 Å². The van der Waals surface area contributed by atoms with E-state index in [0.29, 0.717) is 18.7 Å². The second-order valence-electron chi connectivity index (χ2n) is 8.17. The first-order valence-corrected chi connectivity index (χ1v) is 10.5. The third kappa shape index (κ3) is 5.84. The van der Waals surface area contributed by atoms with Crippen LogP contribution in [0.25, 0.3) is 11.3 Å². The molecule has 1 amide bonds. The lowest BCUT2D eigenvalue weighted by Gasteiger charge is -2.25. The highest BCUT2D eigenvalue weighted by atomic mass is 19.4. The molecule has 2 heterocycles. The summed E-state index contributed by atoms with van der Waals surface area (Å²) in [7, 11) is 0. The fourth-order valence-electron chi connectivity index (χ4n) is 3.46. The van der Waals surface area contributed by atoms with Crippen molar-refractivity contribution in [3.05, 3.63) is 41.1 Å². The van der Waals surface area contributed by atoms with Crippen molar-refractivity contribution in [3.8, 4) is 17.0 Å². The summed E-state index contributed by atoms with van der Waals surface area (Å²) in [5.74, 6) is -3.15. The minimum absolute atomic E-state index is 0.0771. The lowest BCUT2D eigenvalue weighted by Crippen LogP contribution is -2.53. The van der Waals surface area contributed by atoms with Gasteiger partial charge < -0.3 is 15.2 Å². The van der Waals surface area contributed by atoms with E-state index >= 15 is 4.39 Å². The van der Waals surface area contributed by atoms with E-state index in [1.54, 1.807) is 0 Å². The predicted molar refractivity (Wildman–Crippen MR) is 111 cm³/mol. The zero-order valence-corrected chi connectivity index (χ0v) is 19.1. The summed E-state index contributed by atoms with van der Waals surface area (Å²) in [6, 6.07) is -3.38. The SMILES string of the molecule is Cc1ncc(-c2cc(OC(C)C(F)(F)F)c(C(=O)NC3C(C)NNC3C(F)(F)F)cc2F)nc1CO. The monoisotopic (exact) mass is 525 g/mol. The van der Waals surface area contributed by atoms with E-state index in [0.717, 1.165) is 12.3 Å². The van der Waals surface area contributed by atoms with Crippen LogP contribution in [0.15, 0.2) is 18.3 Å². The van der Waals surface area contributed by atoms with Crippen LogP contribution in [-0.4, -0.2) is 57.6 Å². The minimum atomic E-state index is -4.87. The Balaban J connectivity index is 2.05. The second kappa shape index (κ2) is 10.1. The number of hydrogen-bond acceptors (Lipinski definition) is 7. The molecule has 15 heteroatoms. The summed E-state index contributed by atoms with van der Waals surface area (Å²) >= 11 is 0. The van der Waals surface area contributed by atoms with E-state index in [9.17, 15) is 36.2 Å². The number of ether oxygens (including phenoxy) is 1. The molecule has 1 fully saturated rings. The molecular weight excluding hydrogens is 503 g/mol. The molecule has 198 valence electrons. The van der Waals surface area contributed by atoms with Gasteiger partial charge in [-0.2, -0.15) is 26.3 Å². The van der Waals surface area contributed by atoms with Crippen LogP contribution in [0.5, 0.6) is 5.75 Å². The van der Waals surface area contributed by atoms with Gasteiger partial charge >= 0.3 is 12.4 Å². The van der Waals surface area contributed by atoms with Crippen LogP contribution >= 0.6 is 0 Å². The van der Waals surface area contributed by atoms with Gasteiger partial charge in [0, 0.05) is 11.6 Å². The van der Waals surface area contributed by atoms with Gasteiger partial charge in [-0.15, -0.1) is 0 Å². The largest absolute Gasteiger partial charge is 0.480 e. The highest BCUT2D eigenvalue weighted by molar-refractivity contribution is 5.98. The van der Waals surface area contributed by atoms with Gasteiger partial charge in [-0.05, 0) is 32.9 Å². The van der Waals surface area contributed by atoms with E-state index in [4.69, 9.17) is 4.74 Å². The number of carbonyl (C=O) groups is 1. The van der Waals surface area contributed by atoms with Gasteiger partial charge in [0.05, 0.1) is 41.5 Å². The zero-order chi connectivity index (χ0) is 27.0. The molecule has 0 saturated carbocycles. The number of nitrogens with one attached hydrogen (secondary N) is 3. The normalized spacial score (nSPS) is 21.4. The fourth-order valence-corrected chi connectivity index (χ4v) is 3.46. The van der Waals surface area contributed by atoms with Crippen molar-refractivity contribution in [2.45, 2.75) is 64.0 Å². The van der Waals surface area contributed by atoms with Crippen molar-refractivity contribution in [1.29, 1.82) is 0 Å². The molecule has 0 aliphatic carbocycles.